The molecule has 19 heavy (non-hydrogen) atoms. The predicted molar refractivity (Wildman–Crippen MR) is 75.7 cm³/mol. The van der Waals surface area contributed by atoms with E-state index in [1.165, 1.54) is 0 Å². The van der Waals surface area contributed by atoms with Crippen molar-refractivity contribution in [3.05, 3.63) is 29.8 Å². The molecule has 0 aromatic heterocycles. The van der Waals surface area contributed by atoms with Gasteiger partial charge < -0.3 is 14.2 Å². The van der Waals surface area contributed by atoms with Crippen LogP contribution in [0.1, 0.15) is 31.7 Å². The van der Waals surface area contributed by atoms with Crippen LogP contribution in [0.3, 0.4) is 0 Å². The summed E-state index contributed by atoms with van der Waals surface area (Å²) in [7, 11) is 1.66. The zero-order chi connectivity index (χ0) is 13.7. The normalized spacial score (nSPS) is 26.6. The van der Waals surface area contributed by atoms with Crippen LogP contribution in [0.15, 0.2) is 24.3 Å². The SMILES string of the molecule is COc1ccc(C2(CCCCCl)OCC(C)O2)cc1. The Morgan fingerprint density at radius 1 is 1.32 bits per heavy atom. The van der Waals surface area contributed by atoms with Gasteiger partial charge in [0.15, 0.2) is 5.79 Å². The van der Waals surface area contributed by atoms with E-state index in [1.807, 2.05) is 31.2 Å². The van der Waals surface area contributed by atoms with E-state index < -0.39 is 5.79 Å². The lowest BCUT2D eigenvalue weighted by Crippen LogP contribution is -2.27. The summed E-state index contributed by atoms with van der Waals surface area (Å²) >= 11 is 5.75. The second-order valence-corrected chi connectivity index (χ2v) is 5.24. The van der Waals surface area contributed by atoms with Crippen molar-refractivity contribution in [1.82, 2.24) is 0 Å². The summed E-state index contributed by atoms with van der Waals surface area (Å²) in [6.07, 6.45) is 2.91. The highest BCUT2D eigenvalue weighted by molar-refractivity contribution is 6.17. The third-order valence-electron chi connectivity index (χ3n) is 3.36. The van der Waals surface area contributed by atoms with E-state index in [-0.39, 0.29) is 6.10 Å². The lowest BCUT2D eigenvalue weighted by Gasteiger charge is -2.28. The van der Waals surface area contributed by atoms with Gasteiger partial charge in [-0.2, -0.15) is 0 Å². The Morgan fingerprint density at radius 3 is 2.58 bits per heavy atom. The Labute approximate surface area is 119 Å². The molecule has 1 saturated heterocycles. The molecule has 0 spiro atoms. The van der Waals surface area contributed by atoms with Crippen LogP contribution < -0.4 is 4.74 Å². The Morgan fingerprint density at radius 2 is 2.05 bits per heavy atom. The molecule has 0 amide bonds. The molecule has 1 fully saturated rings. The van der Waals surface area contributed by atoms with Crippen LogP contribution in [0.2, 0.25) is 0 Å². The number of halogens is 1. The van der Waals surface area contributed by atoms with E-state index >= 15 is 0 Å². The smallest absolute Gasteiger partial charge is 0.195 e. The van der Waals surface area contributed by atoms with Gasteiger partial charge in [0.05, 0.1) is 19.8 Å². The summed E-state index contributed by atoms with van der Waals surface area (Å²) < 4.78 is 17.2. The number of hydrogen-bond acceptors (Lipinski definition) is 3. The molecule has 0 bridgehead atoms. The molecule has 3 nitrogen and oxygen atoms in total. The first-order chi connectivity index (χ1) is 9.20. The molecule has 0 N–H and O–H groups in total. The molecule has 2 atom stereocenters. The molecular formula is C15H21ClO3. The maximum absolute atomic E-state index is 6.05. The quantitative estimate of drug-likeness (QED) is 0.589. The molecule has 4 heteroatoms. The standard InChI is InChI=1S/C15H21ClO3/c1-12-11-18-15(19-12,9-3-4-10-16)13-5-7-14(17-2)8-6-13/h5-8,12H,3-4,9-11H2,1-2H3. The van der Waals surface area contributed by atoms with Crippen molar-refractivity contribution < 1.29 is 14.2 Å². The molecule has 2 unspecified atom stereocenters. The number of methoxy groups -OCH3 is 1. The first-order valence-electron chi connectivity index (χ1n) is 6.72. The Balaban J connectivity index is 2.16. The van der Waals surface area contributed by atoms with Crippen LogP contribution in [0, 0.1) is 0 Å². The van der Waals surface area contributed by atoms with Crippen LogP contribution in [0.5, 0.6) is 5.75 Å². The Kier molecular flexibility index (Phi) is 5.08. The fraction of sp³-hybridized carbons (Fsp3) is 0.600. The van der Waals surface area contributed by atoms with Gasteiger partial charge in [0.1, 0.15) is 5.75 Å². The van der Waals surface area contributed by atoms with Crippen molar-refractivity contribution in [2.24, 2.45) is 0 Å². The molecule has 1 aromatic carbocycles. The van der Waals surface area contributed by atoms with E-state index in [0.29, 0.717) is 12.5 Å². The Hall–Kier alpha value is -0.770. The number of unbranched alkanes of at least 4 members (excludes halogenated alkanes) is 1. The largest absolute Gasteiger partial charge is 0.497 e. The lowest BCUT2D eigenvalue weighted by molar-refractivity contribution is -0.181. The molecule has 1 aliphatic rings. The number of ether oxygens (including phenoxy) is 3. The van der Waals surface area contributed by atoms with Crippen molar-refractivity contribution in [3.63, 3.8) is 0 Å². The minimum Gasteiger partial charge on any atom is -0.497 e. The zero-order valence-corrected chi connectivity index (χ0v) is 12.3. The molecule has 2 rings (SSSR count). The van der Waals surface area contributed by atoms with Gasteiger partial charge in [-0.15, -0.1) is 11.6 Å². The second kappa shape index (κ2) is 6.60. The third kappa shape index (κ3) is 3.41. The minimum absolute atomic E-state index is 0.123. The summed E-state index contributed by atoms with van der Waals surface area (Å²) in [4.78, 5) is 0. The number of alkyl halides is 1. The van der Waals surface area contributed by atoms with Crippen molar-refractivity contribution in [3.8, 4) is 5.75 Å². The van der Waals surface area contributed by atoms with Crippen LogP contribution in [0.25, 0.3) is 0 Å². The highest BCUT2D eigenvalue weighted by atomic mass is 35.5. The van der Waals surface area contributed by atoms with Crippen molar-refractivity contribution in [2.75, 3.05) is 19.6 Å². The molecule has 0 saturated carbocycles. The summed E-state index contributed by atoms with van der Waals surface area (Å²) in [5.74, 6) is 0.900. The van der Waals surface area contributed by atoms with E-state index in [1.54, 1.807) is 7.11 Å². The maximum atomic E-state index is 6.05. The van der Waals surface area contributed by atoms with E-state index in [2.05, 4.69) is 0 Å². The topological polar surface area (TPSA) is 27.7 Å². The molecule has 1 heterocycles. The minimum atomic E-state index is -0.613. The van der Waals surface area contributed by atoms with Gasteiger partial charge in [0.2, 0.25) is 0 Å². The van der Waals surface area contributed by atoms with Gasteiger partial charge in [-0.05, 0) is 44.0 Å². The second-order valence-electron chi connectivity index (χ2n) is 4.87. The first-order valence-corrected chi connectivity index (χ1v) is 7.26. The van der Waals surface area contributed by atoms with Gasteiger partial charge >= 0.3 is 0 Å². The summed E-state index contributed by atoms with van der Waals surface area (Å²) in [5.41, 5.74) is 1.05. The average molecular weight is 285 g/mol. The van der Waals surface area contributed by atoms with Crippen LogP contribution >= 0.6 is 11.6 Å². The van der Waals surface area contributed by atoms with Crippen molar-refractivity contribution in [2.45, 2.75) is 38.1 Å². The zero-order valence-electron chi connectivity index (χ0n) is 11.5. The lowest BCUT2D eigenvalue weighted by atomic mass is 9.99. The molecule has 1 aromatic rings. The molecular weight excluding hydrogens is 264 g/mol. The van der Waals surface area contributed by atoms with Crippen LogP contribution in [0.4, 0.5) is 0 Å². The van der Waals surface area contributed by atoms with Gasteiger partial charge in [-0.25, -0.2) is 0 Å². The molecule has 0 radical (unpaired) electrons. The fourth-order valence-electron chi connectivity index (χ4n) is 2.37. The van der Waals surface area contributed by atoms with Crippen molar-refractivity contribution in [1.29, 1.82) is 0 Å². The van der Waals surface area contributed by atoms with Crippen LogP contribution in [-0.2, 0) is 15.3 Å². The molecule has 0 aliphatic carbocycles. The number of benzene rings is 1. The number of hydrogen-bond donors (Lipinski definition) is 0. The van der Waals surface area contributed by atoms with Gasteiger partial charge in [0.25, 0.3) is 0 Å². The van der Waals surface area contributed by atoms with E-state index in [4.69, 9.17) is 25.8 Å². The summed E-state index contributed by atoms with van der Waals surface area (Å²) in [6, 6.07) is 7.90. The Bertz CT molecular complexity index is 393. The predicted octanol–water partition coefficient (Wildman–Crippen LogP) is 3.69. The van der Waals surface area contributed by atoms with Gasteiger partial charge in [-0.3, -0.25) is 0 Å². The summed E-state index contributed by atoms with van der Waals surface area (Å²) in [6.45, 7) is 2.67. The highest BCUT2D eigenvalue weighted by Gasteiger charge is 2.41. The fourth-order valence-corrected chi connectivity index (χ4v) is 2.56. The average Bonchev–Trinajstić information content (AvgIpc) is 2.82. The van der Waals surface area contributed by atoms with Crippen molar-refractivity contribution >= 4 is 11.6 Å². The summed E-state index contributed by atoms with van der Waals surface area (Å²) in [5, 5.41) is 0. The first kappa shape index (κ1) is 14.6. The number of rotatable bonds is 6. The maximum Gasteiger partial charge on any atom is 0.195 e. The highest BCUT2D eigenvalue weighted by Crippen LogP contribution is 2.39. The molecule has 1 aliphatic heterocycles. The van der Waals surface area contributed by atoms with Crippen LogP contribution in [-0.4, -0.2) is 25.7 Å². The van der Waals surface area contributed by atoms with E-state index in [9.17, 15) is 0 Å². The van der Waals surface area contributed by atoms with Gasteiger partial charge in [0, 0.05) is 17.9 Å². The monoisotopic (exact) mass is 284 g/mol. The van der Waals surface area contributed by atoms with E-state index in [0.717, 1.165) is 30.6 Å². The van der Waals surface area contributed by atoms with Gasteiger partial charge in [-0.1, -0.05) is 0 Å². The third-order valence-corrected chi connectivity index (χ3v) is 3.63. The molecule has 106 valence electrons.